The highest BCUT2D eigenvalue weighted by Gasteiger charge is 2.14. The number of nitrogens with one attached hydrogen (secondary N) is 1. The molecule has 2 heterocycles. The van der Waals surface area contributed by atoms with E-state index in [9.17, 15) is 4.79 Å². The number of para-hydroxylation sites is 1. The number of furan rings is 1. The Morgan fingerprint density at radius 1 is 1.23 bits per heavy atom. The zero-order chi connectivity index (χ0) is 21.6. The molecule has 1 N–H and O–H groups in total. The predicted molar refractivity (Wildman–Crippen MR) is 113 cm³/mol. The maximum atomic E-state index is 12.6. The number of nitrogens with zero attached hydrogens (tertiary/aromatic N) is 5. The number of hydrogen-bond donors (Lipinski definition) is 1. The lowest BCUT2D eigenvalue weighted by molar-refractivity contribution is 0.0992. The van der Waals surface area contributed by atoms with Crippen molar-refractivity contribution < 1.29 is 13.9 Å². The molecule has 4 rings (SSSR count). The van der Waals surface area contributed by atoms with Crippen molar-refractivity contribution in [3.63, 3.8) is 0 Å². The van der Waals surface area contributed by atoms with Crippen molar-refractivity contribution in [2.75, 3.05) is 11.6 Å². The van der Waals surface area contributed by atoms with Crippen molar-refractivity contribution in [1.29, 1.82) is 5.26 Å². The highest BCUT2D eigenvalue weighted by atomic mass is 32.2. The third kappa shape index (κ3) is 4.57. The van der Waals surface area contributed by atoms with Crippen LogP contribution in [0.4, 0.5) is 5.69 Å². The average Bonchev–Trinajstić information content (AvgIpc) is 3.47. The fraction of sp³-hybridized carbons (Fsp3) is 0.0952. The van der Waals surface area contributed by atoms with E-state index in [4.69, 9.17) is 14.4 Å². The number of benzene rings is 2. The minimum Gasteiger partial charge on any atom is -0.484 e. The molecule has 0 aliphatic rings. The van der Waals surface area contributed by atoms with Crippen LogP contribution in [0.5, 0.6) is 5.75 Å². The summed E-state index contributed by atoms with van der Waals surface area (Å²) in [4.78, 5) is 12.6. The summed E-state index contributed by atoms with van der Waals surface area (Å²) in [7, 11) is 0. The van der Waals surface area contributed by atoms with Crippen LogP contribution in [-0.2, 0) is 6.61 Å². The Balaban J connectivity index is 1.43. The van der Waals surface area contributed by atoms with Gasteiger partial charge in [0.2, 0.25) is 5.16 Å². The number of nitriles is 1. The zero-order valence-electron chi connectivity index (χ0n) is 16.3. The van der Waals surface area contributed by atoms with Crippen molar-refractivity contribution in [1.82, 2.24) is 20.2 Å². The van der Waals surface area contributed by atoms with Crippen molar-refractivity contribution >= 4 is 23.4 Å². The highest BCUT2D eigenvalue weighted by Crippen LogP contribution is 2.21. The minimum atomic E-state index is -0.400. The van der Waals surface area contributed by atoms with Gasteiger partial charge in [-0.05, 0) is 59.1 Å². The molecule has 0 radical (unpaired) electrons. The largest absolute Gasteiger partial charge is 0.484 e. The number of ether oxygens (including phenoxy) is 1. The number of thioether (sulfide) groups is 1. The van der Waals surface area contributed by atoms with Crippen LogP contribution in [0.1, 0.15) is 21.9 Å². The molecule has 154 valence electrons. The first-order chi connectivity index (χ1) is 15.2. The number of hydrogen-bond acceptors (Lipinski definition) is 8. The van der Waals surface area contributed by atoms with Gasteiger partial charge in [0.1, 0.15) is 24.2 Å². The molecule has 0 saturated heterocycles. The second kappa shape index (κ2) is 9.15. The molecule has 0 atom stereocenters. The molecule has 31 heavy (non-hydrogen) atoms. The van der Waals surface area contributed by atoms with Gasteiger partial charge >= 0.3 is 0 Å². The second-order valence-corrected chi connectivity index (χ2v) is 7.02. The second-order valence-electron chi connectivity index (χ2n) is 6.24. The maximum Gasteiger partial charge on any atom is 0.291 e. The van der Waals surface area contributed by atoms with Crippen LogP contribution in [0, 0.1) is 11.3 Å². The van der Waals surface area contributed by atoms with Crippen LogP contribution in [0.3, 0.4) is 0 Å². The monoisotopic (exact) mass is 432 g/mol. The van der Waals surface area contributed by atoms with Gasteiger partial charge < -0.3 is 14.5 Å². The minimum absolute atomic E-state index is 0.0955. The van der Waals surface area contributed by atoms with E-state index in [1.807, 2.05) is 12.3 Å². The molecule has 2 aromatic heterocycles. The van der Waals surface area contributed by atoms with Crippen LogP contribution in [0.15, 0.2) is 70.2 Å². The summed E-state index contributed by atoms with van der Waals surface area (Å²) >= 11 is 1.42. The lowest BCUT2D eigenvalue weighted by Crippen LogP contribution is -2.11. The van der Waals surface area contributed by atoms with Crippen molar-refractivity contribution in [2.24, 2.45) is 0 Å². The van der Waals surface area contributed by atoms with E-state index in [-0.39, 0.29) is 12.4 Å². The van der Waals surface area contributed by atoms with Crippen molar-refractivity contribution in [3.05, 3.63) is 77.7 Å². The van der Waals surface area contributed by atoms with E-state index in [1.54, 1.807) is 59.3 Å². The number of aromatic nitrogens is 4. The molecule has 1 amide bonds. The van der Waals surface area contributed by atoms with E-state index in [1.165, 1.54) is 11.8 Å². The number of carbonyl (C=O) groups excluding carboxylic acids is 1. The average molecular weight is 432 g/mol. The summed E-state index contributed by atoms with van der Waals surface area (Å²) in [5.41, 5.74) is 1.72. The van der Waals surface area contributed by atoms with Gasteiger partial charge in [-0.3, -0.25) is 4.79 Å². The standard InChI is InChI=1S/C21H16N6O3S/c1-31-21-24-25-26-27(21)16-7-4-6-15(11-16)23-20(28)19-10-9-17(30-19)13-29-18-8-3-2-5-14(18)12-22/h2-11H,13H2,1H3,(H,23,28). The third-order valence-corrected chi connectivity index (χ3v) is 4.85. The quantitative estimate of drug-likeness (QED) is 0.439. The Morgan fingerprint density at radius 2 is 2.10 bits per heavy atom. The molecule has 0 aliphatic heterocycles. The molecule has 2 aromatic carbocycles. The van der Waals surface area contributed by atoms with Crippen LogP contribution < -0.4 is 10.1 Å². The normalized spacial score (nSPS) is 10.5. The molecule has 0 bridgehead atoms. The number of tetrazole rings is 1. The smallest absolute Gasteiger partial charge is 0.291 e. The van der Waals surface area contributed by atoms with Gasteiger partial charge in [-0.2, -0.15) is 9.94 Å². The van der Waals surface area contributed by atoms with Crippen LogP contribution >= 0.6 is 11.8 Å². The zero-order valence-corrected chi connectivity index (χ0v) is 17.2. The molecular weight excluding hydrogens is 416 g/mol. The fourth-order valence-corrected chi connectivity index (χ4v) is 3.22. The Morgan fingerprint density at radius 3 is 2.94 bits per heavy atom. The lowest BCUT2D eigenvalue weighted by Gasteiger charge is -2.07. The first kappa shape index (κ1) is 20.2. The van der Waals surface area contributed by atoms with Gasteiger partial charge in [0, 0.05) is 5.69 Å². The van der Waals surface area contributed by atoms with Gasteiger partial charge in [0.15, 0.2) is 5.76 Å². The predicted octanol–water partition coefficient (Wildman–Crippen LogP) is 3.68. The summed E-state index contributed by atoms with van der Waals surface area (Å²) in [6.45, 7) is 0.0955. The van der Waals surface area contributed by atoms with E-state index in [2.05, 4.69) is 26.9 Å². The van der Waals surface area contributed by atoms with Crippen LogP contribution in [-0.4, -0.2) is 32.4 Å². The van der Waals surface area contributed by atoms with Gasteiger partial charge in [0.05, 0.1) is 11.3 Å². The van der Waals surface area contributed by atoms with Gasteiger partial charge in [0.25, 0.3) is 5.91 Å². The molecule has 0 saturated carbocycles. The number of anilines is 1. The van der Waals surface area contributed by atoms with E-state index in [0.717, 1.165) is 5.69 Å². The number of carbonyl (C=O) groups is 1. The lowest BCUT2D eigenvalue weighted by atomic mass is 10.2. The third-order valence-electron chi connectivity index (χ3n) is 4.23. The molecule has 4 aromatic rings. The van der Waals surface area contributed by atoms with Crippen molar-refractivity contribution in [2.45, 2.75) is 11.8 Å². The van der Waals surface area contributed by atoms with E-state index < -0.39 is 5.91 Å². The fourth-order valence-electron chi connectivity index (χ4n) is 2.79. The van der Waals surface area contributed by atoms with E-state index in [0.29, 0.717) is 27.9 Å². The van der Waals surface area contributed by atoms with Gasteiger partial charge in [-0.15, -0.1) is 5.10 Å². The number of rotatable bonds is 7. The molecule has 0 unspecified atom stereocenters. The van der Waals surface area contributed by atoms with Gasteiger partial charge in [-0.1, -0.05) is 30.0 Å². The van der Waals surface area contributed by atoms with Gasteiger partial charge in [-0.25, -0.2) is 0 Å². The van der Waals surface area contributed by atoms with E-state index >= 15 is 0 Å². The Labute approximate surface area is 181 Å². The SMILES string of the molecule is CSc1nnnn1-c1cccc(NC(=O)c2ccc(COc3ccccc3C#N)o2)c1. The summed E-state index contributed by atoms with van der Waals surface area (Å²) in [6.07, 6.45) is 1.88. The Kier molecular flexibility index (Phi) is 5.96. The summed E-state index contributed by atoms with van der Waals surface area (Å²) in [5, 5.41) is 24.1. The Hall–Kier alpha value is -4.10. The molecule has 0 fully saturated rings. The topological polar surface area (TPSA) is 119 Å². The molecule has 0 aliphatic carbocycles. The molecular formula is C21H16N6O3S. The van der Waals surface area contributed by atoms with Crippen molar-refractivity contribution in [3.8, 4) is 17.5 Å². The van der Waals surface area contributed by atoms with Crippen LogP contribution in [0.25, 0.3) is 5.69 Å². The number of amides is 1. The Bertz CT molecular complexity index is 1260. The van der Waals surface area contributed by atoms with Crippen LogP contribution in [0.2, 0.25) is 0 Å². The molecule has 9 nitrogen and oxygen atoms in total. The summed E-state index contributed by atoms with van der Waals surface area (Å²) in [6, 6.07) is 19.4. The first-order valence-electron chi connectivity index (χ1n) is 9.12. The first-order valence-corrected chi connectivity index (χ1v) is 10.3. The molecule has 10 heteroatoms. The molecule has 0 spiro atoms. The highest BCUT2D eigenvalue weighted by molar-refractivity contribution is 7.98. The summed E-state index contributed by atoms with van der Waals surface area (Å²) in [5.74, 6) is 0.661. The maximum absolute atomic E-state index is 12.6. The summed E-state index contributed by atoms with van der Waals surface area (Å²) < 4.78 is 12.8.